The van der Waals surface area contributed by atoms with Crippen molar-refractivity contribution in [2.45, 2.75) is 26.3 Å². The van der Waals surface area contributed by atoms with E-state index in [-0.39, 0.29) is 30.7 Å². The number of amides is 1. The van der Waals surface area contributed by atoms with E-state index in [2.05, 4.69) is 10.1 Å². The molecule has 3 rings (SSSR count). The number of carbonyl (C=O) groups excluding carboxylic acids is 1. The highest BCUT2D eigenvalue weighted by Gasteiger charge is 2.33. The first-order valence-electron chi connectivity index (χ1n) is 9.54. The molecule has 9 nitrogen and oxygen atoms in total. The van der Waals surface area contributed by atoms with Gasteiger partial charge in [-0.25, -0.2) is 12.7 Å². The highest BCUT2D eigenvalue weighted by Crippen LogP contribution is 2.23. The molecule has 0 N–H and O–H groups in total. The Morgan fingerprint density at radius 3 is 2.93 bits per heavy atom. The van der Waals surface area contributed by atoms with E-state index in [4.69, 9.17) is 9.26 Å². The van der Waals surface area contributed by atoms with Crippen molar-refractivity contribution < 1.29 is 22.5 Å². The van der Waals surface area contributed by atoms with Crippen molar-refractivity contribution in [3.8, 4) is 17.1 Å². The van der Waals surface area contributed by atoms with Crippen LogP contribution in [0.5, 0.6) is 5.75 Å². The molecule has 1 fully saturated rings. The molecule has 0 saturated carbocycles. The molecular formula is C19H26N4O5S. The van der Waals surface area contributed by atoms with Gasteiger partial charge in [-0.15, -0.1) is 0 Å². The molecule has 2 aromatic rings. The number of rotatable bonds is 7. The molecule has 1 aromatic carbocycles. The number of ether oxygens (including phenoxy) is 1. The Balaban J connectivity index is 1.65. The Morgan fingerprint density at radius 1 is 1.41 bits per heavy atom. The van der Waals surface area contributed by atoms with Gasteiger partial charge in [0.25, 0.3) is 0 Å². The Morgan fingerprint density at radius 2 is 2.21 bits per heavy atom. The Kier molecular flexibility index (Phi) is 6.53. The van der Waals surface area contributed by atoms with Crippen molar-refractivity contribution in [1.29, 1.82) is 0 Å². The van der Waals surface area contributed by atoms with Crippen LogP contribution < -0.4 is 4.74 Å². The third-order valence-electron chi connectivity index (χ3n) is 5.04. The maximum absolute atomic E-state index is 12.8. The molecule has 10 heteroatoms. The summed E-state index contributed by atoms with van der Waals surface area (Å²) in [4.78, 5) is 18.7. The molecule has 2 heterocycles. The summed E-state index contributed by atoms with van der Waals surface area (Å²) >= 11 is 0. The quantitative estimate of drug-likeness (QED) is 0.669. The summed E-state index contributed by atoms with van der Waals surface area (Å²) in [6, 6.07) is 7.30. The first kappa shape index (κ1) is 21.3. The van der Waals surface area contributed by atoms with E-state index in [1.807, 2.05) is 18.2 Å². The van der Waals surface area contributed by atoms with Crippen LogP contribution in [0.15, 0.2) is 28.8 Å². The summed E-state index contributed by atoms with van der Waals surface area (Å²) in [5, 5.41) is 3.98. The molecule has 1 aromatic heterocycles. The summed E-state index contributed by atoms with van der Waals surface area (Å²) in [5.74, 6) is 0.965. The lowest BCUT2D eigenvalue weighted by molar-refractivity contribution is -0.136. The van der Waals surface area contributed by atoms with Gasteiger partial charge >= 0.3 is 0 Å². The van der Waals surface area contributed by atoms with Crippen molar-refractivity contribution >= 4 is 15.9 Å². The highest BCUT2D eigenvalue weighted by atomic mass is 32.2. The zero-order valence-electron chi connectivity index (χ0n) is 16.9. The van der Waals surface area contributed by atoms with E-state index in [1.54, 1.807) is 27.1 Å². The number of piperidine rings is 1. The number of methoxy groups -OCH3 is 1. The topological polar surface area (TPSA) is 106 Å². The second kappa shape index (κ2) is 8.91. The lowest BCUT2D eigenvalue weighted by Gasteiger charge is -2.32. The predicted molar refractivity (Wildman–Crippen MR) is 107 cm³/mol. The first-order chi connectivity index (χ1) is 13.8. The molecule has 1 unspecified atom stereocenters. The molecule has 1 aliphatic rings. The monoisotopic (exact) mass is 422 g/mol. The summed E-state index contributed by atoms with van der Waals surface area (Å²) in [6.07, 6.45) is 1.34. The van der Waals surface area contributed by atoms with Crippen molar-refractivity contribution in [1.82, 2.24) is 19.3 Å². The van der Waals surface area contributed by atoms with Gasteiger partial charge in [0, 0.05) is 25.7 Å². The Bertz CT molecular complexity index is 959. The Labute approximate surface area is 170 Å². The van der Waals surface area contributed by atoms with Gasteiger partial charge in [-0.2, -0.15) is 4.98 Å². The molecule has 158 valence electrons. The van der Waals surface area contributed by atoms with Crippen LogP contribution in [0.4, 0.5) is 0 Å². The summed E-state index contributed by atoms with van der Waals surface area (Å²) in [7, 11) is -0.0533. The van der Waals surface area contributed by atoms with Crippen molar-refractivity contribution in [2.24, 2.45) is 5.92 Å². The maximum Gasteiger partial charge on any atom is 0.246 e. The maximum atomic E-state index is 12.8. The van der Waals surface area contributed by atoms with E-state index in [1.165, 1.54) is 9.21 Å². The molecule has 0 radical (unpaired) electrons. The highest BCUT2D eigenvalue weighted by molar-refractivity contribution is 7.89. The largest absolute Gasteiger partial charge is 0.497 e. The summed E-state index contributed by atoms with van der Waals surface area (Å²) in [6.45, 7) is 2.46. The van der Waals surface area contributed by atoms with E-state index in [9.17, 15) is 13.2 Å². The van der Waals surface area contributed by atoms with Crippen molar-refractivity contribution in [3.05, 3.63) is 30.2 Å². The van der Waals surface area contributed by atoms with E-state index in [0.29, 0.717) is 36.9 Å². The number of nitrogens with zero attached hydrogens (tertiary/aromatic N) is 4. The van der Waals surface area contributed by atoms with Gasteiger partial charge < -0.3 is 14.2 Å². The average molecular weight is 423 g/mol. The number of carbonyl (C=O) groups is 1. The molecule has 1 aliphatic heterocycles. The van der Waals surface area contributed by atoms with E-state index >= 15 is 0 Å². The molecular weight excluding hydrogens is 396 g/mol. The third-order valence-corrected chi connectivity index (χ3v) is 6.88. The van der Waals surface area contributed by atoms with Crippen LogP contribution in [0, 0.1) is 5.92 Å². The number of benzene rings is 1. The molecule has 1 amide bonds. The zero-order chi connectivity index (χ0) is 21.0. The van der Waals surface area contributed by atoms with Crippen LogP contribution in [0.3, 0.4) is 0 Å². The fraction of sp³-hybridized carbons (Fsp3) is 0.526. The predicted octanol–water partition coefficient (Wildman–Crippen LogP) is 1.77. The van der Waals surface area contributed by atoms with Gasteiger partial charge in [-0.1, -0.05) is 17.3 Å². The normalized spacial score (nSPS) is 17.8. The molecule has 1 atom stereocenters. The molecule has 1 saturated heterocycles. The standard InChI is InChI=1S/C19H26N4O5S/c1-4-29(25,26)23-10-6-8-15(12-23)19(24)22(2)13-17-20-18(21-28-17)14-7-5-9-16(11-14)27-3/h5,7,9,11,15H,4,6,8,10,12-13H2,1-3H3. The molecule has 0 bridgehead atoms. The van der Waals surface area contributed by atoms with Gasteiger partial charge in [-0.05, 0) is 31.9 Å². The molecule has 29 heavy (non-hydrogen) atoms. The number of sulfonamides is 1. The van der Waals surface area contributed by atoms with E-state index in [0.717, 1.165) is 5.56 Å². The zero-order valence-corrected chi connectivity index (χ0v) is 17.7. The van der Waals surface area contributed by atoms with Gasteiger partial charge in [0.15, 0.2) is 0 Å². The fourth-order valence-electron chi connectivity index (χ4n) is 3.37. The SMILES string of the molecule is CCS(=O)(=O)N1CCCC(C(=O)N(C)Cc2nc(-c3cccc(OC)c3)no2)C1. The minimum atomic E-state index is -3.29. The van der Waals surface area contributed by atoms with E-state index < -0.39 is 10.0 Å². The Hall–Kier alpha value is -2.46. The lowest BCUT2D eigenvalue weighted by atomic mass is 9.98. The second-order valence-corrected chi connectivity index (χ2v) is 9.29. The van der Waals surface area contributed by atoms with Crippen LogP contribution in [-0.4, -0.2) is 66.7 Å². The van der Waals surface area contributed by atoms with Crippen LogP contribution in [0.2, 0.25) is 0 Å². The first-order valence-corrected chi connectivity index (χ1v) is 11.1. The number of hydrogen-bond donors (Lipinski definition) is 0. The van der Waals surface area contributed by atoms with Gasteiger partial charge in [-0.3, -0.25) is 4.79 Å². The fourth-order valence-corrected chi connectivity index (χ4v) is 4.55. The number of hydrogen-bond acceptors (Lipinski definition) is 7. The van der Waals surface area contributed by atoms with Gasteiger partial charge in [0.05, 0.1) is 25.3 Å². The van der Waals surface area contributed by atoms with Crippen molar-refractivity contribution in [2.75, 3.05) is 33.0 Å². The number of aromatic nitrogens is 2. The molecule has 0 aliphatic carbocycles. The van der Waals surface area contributed by atoms with Crippen LogP contribution in [0.1, 0.15) is 25.7 Å². The van der Waals surface area contributed by atoms with Crippen LogP contribution in [-0.2, 0) is 21.4 Å². The third kappa shape index (κ3) is 4.94. The lowest BCUT2D eigenvalue weighted by Crippen LogP contribution is -2.46. The van der Waals surface area contributed by atoms with Crippen molar-refractivity contribution in [3.63, 3.8) is 0 Å². The molecule has 0 spiro atoms. The van der Waals surface area contributed by atoms with Gasteiger partial charge in [0.2, 0.25) is 27.6 Å². The average Bonchev–Trinajstić information content (AvgIpc) is 3.21. The smallest absolute Gasteiger partial charge is 0.246 e. The summed E-state index contributed by atoms with van der Waals surface area (Å²) in [5.41, 5.74) is 0.751. The van der Waals surface area contributed by atoms with Gasteiger partial charge in [0.1, 0.15) is 5.75 Å². The van der Waals surface area contributed by atoms with Crippen LogP contribution in [0.25, 0.3) is 11.4 Å². The minimum absolute atomic E-state index is 0.0405. The second-order valence-electron chi connectivity index (χ2n) is 7.04. The van der Waals surface area contributed by atoms with Crippen LogP contribution >= 0.6 is 0 Å². The minimum Gasteiger partial charge on any atom is -0.497 e. The summed E-state index contributed by atoms with van der Waals surface area (Å²) < 4.78 is 36.2.